The zero-order chi connectivity index (χ0) is 16.7. The van der Waals surface area contributed by atoms with Crippen molar-refractivity contribution in [1.82, 2.24) is 5.48 Å². The second-order valence-electron chi connectivity index (χ2n) is 6.25. The molecule has 4 rings (SSSR count). The van der Waals surface area contributed by atoms with E-state index < -0.39 is 0 Å². The molecule has 0 unspecified atom stereocenters. The highest BCUT2D eigenvalue weighted by Crippen LogP contribution is 2.39. The molecular weight excluding hydrogens is 304 g/mol. The van der Waals surface area contributed by atoms with Crippen molar-refractivity contribution in [3.8, 4) is 11.1 Å². The number of hydroxylamine groups is 1. The fourth-order valence-electron chi connectivity index (χ4n) is 3.62. The van der Waals surface area contributed by atoms with Gasteiger partial charge in [-0.1, -0.05) is 30.3 Å². The summed E-state index contributed by atoms with van der Waals surface area (Å²) in [5, 5.41) is 0. The maximum Gasteiger partial charge on any atom is 0.248 e. The van der Waals surface area contributed by atoms with Crippen molar-refractivity contribution in [2.45, 2.75) is 12.8 Å². The van der Waals surface area contributed by atoms with Crippen molar-refractivity contribution in [3.05, 3.63) is 53.6 Å². The number of nitrogens with zero attached hydrogens (tertiary/aromatic N) is 1. The number of hydrogen-bond acceptors (Lipinski definition) is 3. The maximum absolute atomic E-state index is 12.3. The van der Waals surface area contributed by atoms with Crippen molar-refractivity contribution >= 4 is 17.5 Å². The predicted molar refractivity (Wildman–Crippen MR) is 90.3 cm³/mol. The molecule has 122 valence electrons. The molecule has 0 aromatic heterocycles. The van der Waals surface area contributed by atoms with Gasteiger partial charge in [0, 0.05) is 18.7 Å². The summed E-state index contributed by atoms with van der Waals surface area (Å²) in [7, 11) is 1.39. The molecule has 2 amide bonds. The Hall–Kier alpha value is -2.66. The highest BCUT2D eigenvalue weighted by atomic mass is 16.6. The summed E-state index contributed by atoms with van der Waals surface area (Å²) in [5.41, 5.74) is 8.22. The molecule has 2 aliphatic rings. The lowest BCUT2D eigenvalue weighted by Crippen LogP contribution is -2.32. The van der Waals surface area contributed by atoms with Gasteiger partial charge in [-0.15, -0.1) is 0 Å². The molecule has 1 fully saturated rings. The fraction of sp³-hybridized carbons (Fsp3) is 0.263. The van der Waals surface area contributed by atoms with Crippen LogP contribution in [0.3, 0.4) is 0 Å². The lowest BCUT2D eigenvalue weighted by atomic mass is 10.1. The third kappa shape index (κ3) is 2.37. The summed E-state index contributed by atoms with van der Waals surface area (Å²) < 4.78 is 0. The van der Waals surface area contributed by atoms with E-state index in [-0.39, 0.29) is 24.2 Å². The lowest BCUT2D eigenvalue weighted by molar-refractivity contribution is -0.135. The zero-order valence-corrected chi connectivity index (χ0v) is 13.4. The van der Waals surface area contributed by atoms with Crippen LogP contribution in [0, 0.1) is 5.92 Å². The van der Waals surface area contributed by atoms with Gasteiger partial charge in [-0.25, -0.2) is 5.48 Å². The van der Waals surface area contributed by atoms with Gasteiger partial charge in [0.05, 0.1) is 13.0 Å². The van der Waals surface area contributed by atoms with E-state index in [1.165, 1.54) is 29.4 Å². The molecule has 1 aliphatic heterocycles. The Balaban J connectivity index is 1.59. The highest BCUT2D eigenvalue weighted by Gasteiger charge is 2.35. The fourth-order valence-corrected chi connectivity index (χ4v) is 3.62. The summed E-state index contributed by atoms with van der Waals surface area (Å²) in [5.74, 6) is -0.647. The number of hydrogen-bond donors (Lipinski definition) is 1. The van der Waals surface area contributed by atoms with Crippen LogP contribution in [0.1, 0.15) is 17.5 Å². The van der Waals surface area contributed by atoms with Gasteiger partial charge in [-0.05, 0) is 40.8 Å². The van der Waals surface area contributed by atoms with E-state index in [1.54, 1.807) is 4.90 Å². The van der Waals surface area contributed by atoms with E-state index in [1.807, 2.05) is 12.1 Å². The van der Waals surface area contributed by atoms with E-state index in [9.17, 15) is 9.59 Å². The molecule has 1 atom stereocenters. The van der Waals surface area contributed by atoms with E-state index in [4.69, 9.17) is 0 Å². The van der Waals surface area contributed by atoms with Gasteiger partial charge in [0.1, 0.15) is 0 Å². The molecule has 2 aromatic rings. The van der Waals surface area contributed by atoms with Gasteiger partial charge in [-0.2, -0.15) is 0 Å². The topological polar surface area (TPSA) is 58.6 Å². The van der Waals surface area contributed by atoms with Gasteiger partial charge in [0.25, 0.3) is 0 Å². The van der Waals surface area contributed by atoms with Crippen LogP contribution in [0.4, 0.5) is 5.69 Å². The molecule has 1 aliphatic carbocycles. The van der Waals surface area contributed by atoms with Crippen molar-refractivity contribution in [2.24, 2.45) is 5.92 Å². The van der Waals surface area contributed by atoms with Crippen LogP contribution in [0.25, 0.3) is 11.1 Å². The summed E-state index contributed by atoms with van der Waals surface area (Å²) in [6, 6.07) is 14.5. The van der Waals surface area contributed by atoms with Crippen LogP contribution in [0.5, 0.6) is 0 Å². The van der Waals surface area contributed by atoms with E-state index in [2.05, 4.69) is 40.6 Å². The normalized spacial score (nSPS) is 18.5. The minimum atomic E-state index is -0.372. The second-order valence-corrected chi connectivity index (χ2v) is 6.25. The van der Waals surface area contributed by atoms with Gasteiger partial charge in [0.2, 0.25) is 11.8 Å². The molecule has 5 heteroatoms. The Morgan fingerprint density at radius 1 is 1.17 bits per heavy atom. The van der Waals surface area contributed by atoms with E-state index in [0.717, 1.165) is 12.1 Å². The first-order chi connectivity index (χ1) is 11.7. The van der Waals surface area contributed by atoms with Crippen molar-refractivity contribution in [2.75, 3.05) is 18.6 Å². The Labute approximate surface area is 140 Å². The van der Waals surface area contributed by atoms with Crippen LogP contribution < -0.4 is 10.4 Å². The molecule has 0 bridgehead atoms. The first kappa shape index (κ1) is 14.9. The minimum Gasteiger partial charge on any atom is -0.312 e. The number of amides is 2. The van der Waals surface area contributed by atoms with Gasteiger partial charge < -0.3 is 4.90 Å². The monoisotopic (exact) mass is 322 g/mol. The molecule has 1 heterocycles. The van der Waals surface area contributed by atoms with Gasteiger partial charge in [-0.3, -0.25) is 14.4 Å². The average Bonchev–Trinajstić information content (AvgIpc) is 3.15. The minimum absolute atomic E-state index is 0.0262. The molecular formula is C19H18N2O3. The van der Waals surface area contributed by atoms with Crippen molar-refractivity contribution in [1.29, 1.82) is 0 Å². The molecule has 2 aromatic carbocycles. The Bertz CT molecular complexity index is 831. The number of carbonyl (C=O) groups is 2. The quantitative estimate of drug-likeness (QED) is 0.753. The standard InChI is InChI=1S/C19H18N2O3/c1-24-20-19(23)14-10-18(22)21(11-14)15-6-7-17-13(9-15)8-12-4-2-3-5-16(12)17/h2-7,9,14H,8,10-11H2,1H3,(H,20,23)/t14-/m1/s1. The summed E-state index contributed by atoms with van der Waals surface area (Å²) in [6.07, 6.45) is 1.10. The van der Waals surface area contributed by atoms with Gasteiger partial charge in [0.15, 0.2) is 0 Å². The van der Waals surface area contributed by atoms with E-state index >= 15 is 0 Å². The number of benzene rings is 2. The third-order valence-electron chi connectivity index (χ3n) is 4.79. The molecule has 0 saturated carbocycles. The second kappa shape index (κ2) is 5.76. The number of anilines is 1. The maximum atomic E-state index is 12.3. The smallest absolute Gasteiger partial charge is 0.248 e. The first-order valence-corrected chi connectivity index (χ1v) is 8.02. The van der Waals surface area contributed by atoms with Crippen LogP contribution in [0.2, 0.25) is 0 Å². The van der Waals surface area contributed by atoms with Crippen LogP contribution in [-0.4, -0.2) is 25.5 Å². The number of rotatable bonds is 3. The van der Waals surface area contributed by atoms with Crippen LogP contribution in [0.15, 0.2) is 42.5 Å². The first-order valence-electron chi connectivity index (χ1n) is 8.02. The molecule has 1 saturated heterocycles. The summed E-state index contributed by atoms with van der Waals surface area (Å²) >= 11 is 0. The molecule has 1 N–H and O–H groups in total. The Morgan fingerprint density at radius 3 is 2.79 bits per heavy atom. The number of carbonyl (C=O) groups excluding carboxylic acids is 2. The largest absolute Gasteiger partial charge is 0.312 e. The molecule has 0 radical (unpaired) electrons. The molecule has 0 spiro atoms. The highest BCUT2D eigenvalue weighted by molar-refractivity contribution is 6.00. The molecule has 24 heavy (non-hydrogen) atoms. The Kier molecular flexibility index (Phi) is 3.58. The number of fused-ring (bicyclic) bond motifs is 3. The van der Waals surface area contributed by atoms with Crippen LogP contribution in [-0.2, 0) is 20.8 Å². The third-order valence-corrected chi connectivity index (χ3v) is 4.79. The van der Waals surface area contributed by atoms with E-state index in [0.29, 0.717) is 6.54 Å². The van der Waals surface area contributed by atoms with Crippen molar-refractivity contribution in [3.63, 3.8) is 0 Å². The zero-order valence-electron chi connectivity index (χ0n) is 13.4. The van der Waals surface area contributed by atoms with Gasteiger partial charge >= 0.3 is 0 Å². The Morgan fingerprint density at radius 2 is 1.96 bits per heavy atom. The summed E-state index contributed by atoms with van der Waals surface area (Å²) in [4.78, 5) is 30.6. The SMILES string of the molecule is CONC(=O)[C@@H]1CC(=O)N(c2ccc3c(c2)Cc2ccccc2-3)C1. The molecule has 5 nitrogen and oxygen atoms in total. The number of nitrogens with one attached hydrogen (secondary N) is 1. The summed E-state index contributed by atoms with van der Waals surface area (Å²) in [6.45, 7) is 0.389. The van der Waals surface area contributed by atoms with Crippen LogP contribution >= 0.6 is 0 Å². The average molecular weight is 322 g/mol. The predicted octanol–water partition coefficient (Wildman–Crippen LogP) is 2.29. The lowest BCUT2D eigenvalue weighted by Gasteiger charge is -2.18. The van der Waals surface area contributed by atoms with Crippen molar-refractivity contribution < 1.29 is 14.4 Å².